The Morgan fingerprint density at radius 2 is 2.12 bits per heavy atom. The molecule has 0 saturated carbocycles. The number of nitrogens with zero attached hydrogens (tertiary/aromatic N) is 7. The number of hydrogen-bond donors (Lipinski definition) is 0. The molecule has 0 aliphatic carbocycles. The Hall–Kier alpha value is -2.44. The van der Waals surface area contributed by atoms with E-state index in [1.165, 1.54) is 17.7 Å². The zero-order valence-corrected chi connectivity index (χ0v) is 15.4. The minimum absolute atomic E-state index is 0.331. The van der Waals surface area contributed by atoms with Crippen LogP contribution in [-0.4, -0.2) is 35.9 Å². The summed E-state index contributed by atoms with van der Waals surface area (Å²) < 4.78 is 3.86. The molecule has 1 unspecified atom stereocenters. The molecular formula is C18H25N7. The predicted octanol–water partition coefficient (Wildman–Crippen LogP) is 2.77. The summed E-state index contributed by atoms with van der Waals surface area (Å²) >= 11 is 0. The topological polar surface area (TPSA) is 64.1 Å². The molecule has 25 heavy (non-hydrogen) atoms. The van der Waals surface area contributed by atoms with E-state index in [-0.39, 0.29) is 0 Å². The van der Waals surface area contributed by atoms with Gasteiger partial charge in [-0.1, -0.05) is 13.3 Å². The molecule has 1 aliphatic rings. The monoisotopic (exact) mass is 339 g/mol. The molecule has 132 valence electrons. The Kier molecular flexibility index (Phi) is 3.94. The van der Waals surface area contributed by atoms with Crippen LogP contribution in [0, 0.1) is 13.8 Å². The first-order valence-electron chi connectivity index (χ1n) is 9.06. The second kappa shape index (κ2) is 6.13. The average molecular weight is 339 g/mol. The van der Waals surface area contributed by atoms with Crippen molar-refractivity contribution >= 4 is 11.6 Å². The van der Waals surface area contributed by atoms with Gasteiger partial charge < -0.3 is 4.90 Å². The van der Waals surface area contributed by atoms with E-state index in [1.54, 1.807) is 6.33 Å². The van der Waals surface area contributed by atoms with Crippen molar-refractivity contribution in [1.29, 1.82) is 0 Å². The highest BCUT2D eigenvalue weighted by molar-refractivity contribution is 5.51. The van der Waals surface area contributed by atoms with Crippen LogP contribution >= 0.6 is 0 Å². The molecule has 0 amide bonds. The van der Waals surface area contributed by atoms with E-state index < -0.39 is 0 Å². The molecule has 1 fully saturated rings. The smallest absolute Gasteiger partial charge is 0.254 e. The van der Waals surface area contributed by atoms with Crippen LogP contribution in [0.2, 0.25) is 0 Å². The lowest BCUT2D eigenvalue weighted by Crippen LogP contribution is -2.26. The molecule has 7 heteroatoms. The van der Waals surface area contributed by atoms with Gasteiger partial charge in [0, 0.05) is 36.6 Å². The molecule has 1 saturated heterocycles. The zero-order chi connectivity index (χ0) is 17.6. The van der Waals surface area contributed by atoms with Crippen molar-refractivity contribution in [2.24, 2.45) is 7.05 Å². The first-order valence-corrected chi connectivity index (χ1v) is 9.06. The van der Waals surface area contributed by atoms with Crippen LogP contribution in [0.4, 0.5) is 5.82 Å². The van der Waals surface area contributed by atoms with Gasteiger partial charge in [-0.3, -0.25) is 4.68 Å². The third-order valence-corrected chi connectivity index (χ3v) is 5.24. The molecule has 0 N–H and O–H groups in total. The molecular weight excluding hydrogens is 314 g/mol. The van der Waals surface area contributed by atoms with Gasteiger partial charge in [-0.15, -0.1) is 0 Å². The molecule has 0 radical (unpaired) electrons. The third kappa shape index (κ3) is 2.58. The Balaban J connectivity index is 1.83. The van der Waals surface area contributed by atoms with Crippen LogP contribution in [0.25, 0.3) is 5.78 Å². The van der Waals surface area contributed by atoms with E-state index >= 15 is 0 Å². The predicted molar refractivity (Wildman–Crippen MR) is 96.8 cm³/mol. The first kappa shape index (κ1) is 16.1. The number of rotatable bonds is 4. The largest absolute Gasteiger partial charge is 0.349 e. The van der Waals surface area contributed by atoms with Crippen LogP contribution in [0.3, 0.4) is 0 Å². The third-order valence-electron chi connectivity index (χ3n) is 5.24. The van der Waals surface area contributed by atoms with Gasteiger partial charge in [0.05, 0.1) is 11.7 Å². The number of aryl methyl sites for hydroxylation is 3. The fourth-order valence-corrected chi connectivity index (χ4v) is 4.05. The number of anilines is 1. The summed E-state index contributed by atoms with van der Waals surface area (Å²) in [5, 5.41) is 9.05. The molecule has 0 bridgehead atoms. The van der Waals surface area contributed by atoms with Crippen LogP contribution in [0.1, 0.15) is 54.9 Å². The van der Waals surface area contributed by atoms with Gasteiger partial charge in [0.15, 0.2) is 0 Å². The quantitative estimate of drug-likeness (QED) is 0.731. The second-order valence-corrected chi connectivity index (χ2v) is 6.89. The van der Waals surface area contributed by atoms with Crippen molar-refractivity contribution < 1.29 is 0 Å². The van der Waals surface area contributed by atoms with E-state index in [4.69, 9.17) is 0 Å². The molecule has 3 aromatic rings. The minimum atomic E-state index is 0.331. The van der Waals surface area contributed by atoms with Crippen molar-refractivity contribution in [3.8, 4) is 0 Å². The van der Waals surface area contributed by atoms with E-state index in [9.17, 15) is 0 Å². The van der Waals surface area contributed by atoms with Crippen molar-refractivity contribution in [3.05, 3.63) is 35.0 Å². The first-order chi connectivity index (χ1) is 12.1. The SMILES string of the molecule is CCCc1cc(N2CCCC2c2c(C)nn(C)c2C)n2ncnc2n1. The van der Waals surface area contributed by atoms with E-state index in [0.29, 0.717) is 11.8 Å². The summed E-state index contributed by atoms with van der Waals surface area (Å²) in [5.74, 6) is 1.78. The van der Waals surface area contributed by atoms with E-state index in [1.807, 2.05) is 16.2 Å². The minimum Gasteiger partial charge on any atom is -0.349 e. The molecule has 4 heterocycles. The normalized spacial score (nSPS) is 17.8. The maximum absolute atomic E-state index is 4.64. The molecule has 4 rings (SSSR count). The van der Waals surface area contributed by atoms with Gasteiger partial charge >= 0.3 is 0 Å². The summed E-state index contributed by atoms with van der Waals surface area (Å²) in [4.78, 5) is 11.4. The Bertz CT molecular complexity index is 908. The summed E-state index contributed by atoms with van der Waals surface area (Å²) in [5.41, 5.74) is 4.80. The summed E-state index contributed by atoms with van der Waals surface area (Å²) in [6.07, 6.45) is 5.92. The lowest BCUT2D eigenvalue weighted by Gasteiger charge is -2.27. The number of hydrogen-bond acceptors (Lipinski definition) is 5. The van der Waals surface area contributed by atoms with Crippen molar-refractivity contribution in [3.63, 3.8) is 0 Å². The maximum atomic E-state index is 4.64. The average Bonchev–Trinajstić information content (AvgIpc) is 3.27. The van der Waals surface area contributed by atoms with Gasteiger partial charge in [0.25, 0.3) is 5.78 Å². The summed E-state index contributed by atoms with van der Waals surface area (Å²) in [7, 11) is 2.02. The second-order valence-electron chi connectivity index (χ2n) is 6.89. The van der Waals surface area contributed by atoms with E-state index in [2.05, 4.69) is 51.9 Å². The fraction of sp³-hybridized carbons (Fsp3) is 0.556. The standard InChI is InChI=1S/C18H25N7/c1-5-7-14-10-16(25-18(21-14)19-11-20-25)24-9-6-8-15(24)17-12(2)22-23(4)13(17)3/h10-11,15H,5-9H2,1-4H3. The molecule has 0 aromatic carbocycles. The van der Waals surface area contributed by atoms with Gasteiger partial charge in [-0.25, -0.2) is 4.98 Å². The van der Waals surface area contributed by atoms with Crippen molar-refractivity contribution in [2.75, 3.05) is 11.4 Å². The lowest BCUT2D eigenvalue weighted by molar-refractivity contribution is 0.681. The zero-order valence-electron chi connectivity index (χ0n) is 15.4. The maximum Gasteiger partial charge on any atom is 0.254 e. The number of aromatic nitrogens is 6. The lowest BCUT2D eigenvalue weighted by atomic mass is 10.0. The van der Waals surface area contributed by atoms with Gasteiger partial charge in [0.1, 0.15) is 12.1 Å². The summed E-state index contributed by atoms with van der Waals surface area (Å²) in [6.45, 7) is 7.46. The van der Waals surface area contributed by atoms with Gasteiger partial charge in [-0.2, -0.15) is 19.7 Å². The Labute approximate surface area is 147 Å². The van der Waals surface area contributed by atoms with Gasteiger partial charge in [-0.05, 0) is 33.1 Å². The molecule has 1 atom stereocenters. The Morgan fingerprint density at radius 1 is 1.28 bits per heavy atom. The molecule has 0 spiro atoms. The highest BCUT2D eigenvalue weighted by Gasteiger charge is 2.32. The van der Waals surface area contributed by atoms with Crippen molar-refractivity contribution in [1.82, 2.24) is 29.4 Å². The number of fused-ring (bicyclic) bond motifs is 1. The fourth-order valence-electron chi connectivity index (χ4n) is 4.05. The summed E-state index contributed by atoms with van der Waals surface area (Å²) in [6, 6.07) is 2.52. The van der Waals surface area contributed by atoms with Crippen LogP contribution in [-0.2, 0) is 13.5 Å². The van der Waals surface area contributed by atoms with Crippen molar-refractivity contribution in [2.45, 2.75) is 52.5 Å². The Morgan fingerprint density at radius 3 is 2.84 bits per heavy atom. The van der Waals surface area contributed by atoms with Crippen LogP contribution < -0.4 is 4.90 Å². The molecule has 3 aromatic heterocycles. The molecule has 1 aliphatic heterocycles. The van der Waals surface area contributed by atoms with Crippen LogP contribution in [0.5, 0.6) is 0 Å². The van der Waals surface area contributed by atoms with Crippen LogP contribution in [0.15, 0.2) is 12.4 Å². The highest BCUT2D eigenvalue weighted by atomic mass is 15.4. The molecule has 7 nitrogen and oxygen atoms in total. The highest BCUT2D eigenvalue weighted by Crippen LogP contribution is 2.38. The van der Waals surface area contributed by atoms with E-state index in [0.717, 1.165) is 43.0 Å². The van der Waals surface area contributed by atoms with Gasteiger partial charge in [0.2, 0.25) is 0 Å².